The van der Waals surface area contributed by atoms with Crippen molar-refractivity contribution < 1.29 is 18.3 Å². The SMILES string of the molecule is N=C1C(c2nc(-c3cccs3)cs2)=C(O)CN1Cc1cccc(C(F)(F)F)c1. The molecular weight excluding hydrogens is 407 g/mol. The Morgan fingerprint density at radius 3 is 2.71 bits per heavy atom. The van der Waals surface area contributed by atoms with Gasteiger partial charge in [-0.25, -0.2) is 4.98 Å². The van der Waals surface area contributed by atoms with Crippen molar-refractivity contribution in [3.05, 3.63) is 69.1 Å². The maximum absolute atomic E-state index is 12.9. The summed E-state index contributed by atoms with van der Waals surface area (Å²) in [5.41, 5.74) is 0.805. The number of amidine groups is 1. The Morgan fingerprint density at radius 1 is 1.18 bits per heavy atom. The number of thiazole rings is 1. The van der Waals surface area contributed by atoms with E-state index < -0.39 is 11.7 Å². The lowest BCUT2D eigenvalue weighted by Crippen LogP contribution is -2.26. The summed E-state index contributed by atoms with van der Waals surface area (Å²) in [6.07, 6.45) is -4.42. The van der Waals surface area contributed by atoms with E-state index in [0.717, 1.165) is 22.7 Å². The lowest BCUT2D eigenvalue weighted by Gasteiger charge is -2.19. The molecule has 2 N–H and O–H groups in total. The van der Waals surface area contributed by atoms with Crippen molar-refractivity contribution in [3.8, 4) is 10.6 Å². The molecule has 0 atom stereocenters. The van der Waals surface area contributed by atoms with Crippen molar-refractivity contribution in [3.63, 3.8) is 0 Å². The number of hydrogen-bond acceptors (Lipinski definition) is 5. The third kappa shape index (κ3) is 3.55. The van der Waals surface area contributed by atoms with Crippen LogP contribution in [-0.2, 0) is 12.7 Å². The third-order valence-corrected chi connectivity index (χ3v) is 6.05. The van der Waals surface area contributed by atoms with Crippen LogP contribution in [0.4, 0.5) is 13.2 Å². The Hall–Kier alpha value is -2.65. The molecule has 3 heterocycles. The van der Waals surface area contributed by atoms with E-state index in [0.29, 0.717) is 16.1 Å². The van der Waals surface area contributed by atoms with Gasteiger partial charge in [-0.2, -0.15) is 13.2 Å². The van der Waals surface area contributed by atoms with Crippen LogP contribution in [0.1, 0.15) is 16.1 Å². The molecule has 0 unspecified atom stereocenters. The first-order valence-electron chi connectivity index (χ1n) is 8.25. The highest BCUT2D eigenvalue weighted by Gasteiger charge is 2.32. The normalized spacial score (nSPS) is 15.0. The first-order valence-corrected chi connectivity index (χ1v) is 10.0. The second-order valence-electron chi connectivity index (χ2n) is 6.24. The molecule has 0 fully saturated rings. The molecule has 0 spiro atoms. The Balaban J connectivity index is 1.54. The number of nitrogens with zero attached hydrogens (tertiary/aromatic N) is 2. The predicted octanol–water partition coefficient (Wildman–Crippen LogP) is 5.65. The van der Waals surface area contributed by atoms with E-state index in [-0.39, 0.29) is 24.7 Å². The minimum Gasteiger partial charge on any atom is -0.510 e. The molecule has 28 heavy (non-hydrogen) atoms. The molecule has 3 aromatic rings. The smallest absolute Gasteiger partial charge is 0.416 e. The van der Waals surface area contributed by atoms with Crippen molar-refractivity contribution in [1.82, 2.24) is 9.88 Å². The van der Waals surface area contributed by atoms with Crippen LogP contribution in [0.15, 0.2) is 52.9 Å². The van der Waals surface area contributed by atoms with Crippen molar-refractivity contribution in [1.29, 1.82) is 5.41 Å². The van der Waals surface area contributed by atoms with Crippen molar-refractivity contribution in [2.75, 3.05) is 6.54 Å². The zero-order valence-electron chi connectivity index (χ0n) is 14.3. The Kier molecular flexibility index (Phi) is 4.72. The molecule has 9 heteroatoms. The molecule has 0 radical (unpaired) electrons. The summed E-state index contributed by atoms with van der Waals surface area (Å²) in [4.78, 5) is 7.05. The predicted molar refractivity (Wildman–Crippen MR) is 105 cm³/mol. The van der Waals surface area contributed by atoms with Gasteiger partial charge in [-0.15, -0.1) is 22.7 Å². The summed E-state index contributed by atoms with van der Waals surface area (Å²) in [5, 5.41) is 23.1. The number of halogens is 3. The summed E-state index contributed by atoms with van der Waals surface area (Å²) in [7, 11) is 0. The third-order valence-electron chi connectivity index (χ3n) is 4.30. The molecule has 0 amide bonds. The highest BCUT2D eigenvalue weighted by atomic mass is 32.1. The van der Waals surface area contributed by atoms with Crippen LogP contribution in [-0.4, -0.2) is 27.4 Å². The summed E-state index contributed by atoms with van der Waals surface area (Å²) in [5.74, 6) is 0.0612. The van der Waals surface area contributed by atoms with Gasteiger partial charge in [0.05, 0.1) is 28.3 Å². The number of benzene rings is 1. The monoisotopic (exact) mass is 421 g/mol. The number of alkyl halides is 3. The van der Waals surface area contributed by atoms with E-state index in [1.165, 1.54) is 22.3 Å². The number of rotatable bonds is 4. The number of thiophene rings is 1. The Bertz CT molecular complexity index is 1050. The van der Waals surface area contributed by atoms with E-state index in [2.05, 4.69) is 4.98 Å². The number of aromatic nitrogens is 1. The van der Waals surface area contributed by atoms with Crippen LogP contribution in [0.2, 0.25) is 0 Å². The van der Waals surface area contributed by atoms with E-state index in [9.17, 15) is 18.3 Å². The van der Waals surface area contributed by atoms with Gasteiger partial charge in [-0.05, 0) is 29.1 Å². The summed E-state index contributed by atoms with van der Waals surface area (Å²) in [6, 6.07) is 8.88. The highest BCUT2D eigenvalue weighted by Crippen LogP contribution is 2.34. The molecule has 2 aromatic heterocycles. The highest BCUT2D eigenvalue weighted by molar-refractivity contribution is 7.14. The summed E-state index contributed by atoms with van der Waals surface area (Å²) < 4.78 is 38.7. The summed E-state index contributed by atoms with van der Waals surface area (Å²) in [6.45, 7) is 0.164. The van der Waals surface area contributed by atoms with Gasteiger partial charge in [0.25, 0.3) is 0 Å². The molecule has 0 saturated heterocycles. The standard InChI is InChI=1S/C19H14F3N3OS2/c20-19(21,22)12-4-1-3-11(7-12)8-25-9-14(26)16(17(25)23)18-24-13(10-28-18)15-5-2-6-27-15/h1-7,10,23,26H,8-9H2. The average molecular weight is 421 g/mol. The second kappa shape index (κ2) is 7.06. The van der Waals surface area contributed by atoms with Gasteiger partial charge in [-0.1, -0.05) is 18.2 Å². The maximum atomic E-state index is 12.9. The second-order valence-corrected chi connectivity index (χ2v) is 8.05. The van der Waals surface area contributed by atoms with E-state index in [4.69, 9.17) is 5.41 Å². The van der Waals surface area contributed by atoms with Crippen molar-refractivity contribution in [2.45, 2.75) is 12.7 Å². The van der Waals surface area contributed by atoms with Crippen molar-refractivity contribution >= 4 is 34.1 Å². The summed E-state index contributed by atoms with van der Waals surface area (Å²) >= 11 is 2.88. The minimum atomic E-state index is -4.42. The number of hydrogen-bond donors (Lipinski definition) is 2. The number of aliphatic hydroxyl groups excluding tert-OH is 1. The fourth-order valence-corrected chi connectivity index (χ4v) is 4.63. The average Bonchev–Trinajstić information content (AvgIpc) is 3.36. The first kappa shape index (κ1) is 18.7. The zero-order chi connectivity index (χ0) is 19.9. The van der Waals surface area contributed by atoms with Crippen LogP contribution < -0.4 is 0 Å². The van der Waals surface area contributed by atoms with Gasteiger partial charge >= 0.3 is 6.18 Å². The number of nitrogens with one attached hydrogen (secondary N) is 1. The molecular formula is C19H14F3N3OS2. The quantitative estimate of drug-likeness (QED) is 0.572. The van der Waals surface area contributed by atoms with Gasteiger partial charge in [0.1, 0.15) is 16.6 Å². The molecule has 1 aliphatic heterocycles. The van der Waals surface area contributed by atoms with E-state index in [1.54, 1.807) is 17.4 Å². The molecule has 0 bridgehead atoms. The fraction of sp³-hybridized carbons (Fsp3) is 0.158. The largest absolute Gasteiger partial charge is 0.510 e. The van der Waals surface area contributed by atoms with Crippen LogP contribution >= 0.6 is 22.7 Å². The maximum Gasteiger partial charge on any atom is 0.416 e. The van der Waals surface area contributed by atoms with Gasteiger partial charge in [0.15, 0.2) is 0 Å². The molecule has 144 valence electrons. The van der Waals surface area contributed by atoms with Gasteiger partial charge in [0.2, 0.25) is 0 Å². The Morgan fingerprint density at radius 2 is 2.00 bits per heavy atom. The lowest BCUT2D eigenvalue weighted by atomic mass is 10.1. The van der Waals surface area contributed by atoms with Crippen LogP contribution in [0, 0.1) is 5.41 Å². The number of aliphatic hydroxyl groups is 1. The fourth-order valence-electron chi connectivity index (χ4n) is 2.99. The lowest BCUT2D eigenvalue weighted by molar-refractivity contribution is -0.137. The Labute approximate surface area is 166 Å². The molecule has 0 aliphatic carbocycles. The van der Waals surface area contributed by atoms with Crippen LogP contribution in [0.3, 0.4) is 0 Å². The van der Waals surface area contributed by atoms with Gasteiger partial charge in [0, 0.05) is 11.9 Å². The van der Waals surface area contributed by atoms with Gasteiger partial charge in [-0.3, -0.25) is 5.41 Å². The van der Waals surface area contributed by atoms with E-state index >= 15 is 0 Å². The van der Waals surface area contributed by atoms with Gasteiger partial charge < -0.3 is 10.0 Å². The molecule has 1 aliphatic rings. The first-order chi connectivity index (χ1) is 13.3. The molecule has 0 saturated carbocycles. The van der Waals surface area contributed by atoms with Crippen molar-refractivity contribution in [2.24, 2.45) is 0 Å². The van der Waals surface area contributed by atoms with Crippen LogP contribution in [0.25, 0.3) is 16.1 Å². The topological polar surface area (TPSA) is 60.2 Å². The minimum absolute atomic E-state index is 0.00376. The van der Waals surface area contributed by atoms with E-state index in [1.807, 2.05) is 22.9 Å². The molecule has 4 nitrogen and oxygen atoms in total. The molecule has 1 aromatic carbocycles. The van der Waals surface area contributed by atoms with Crippen LogP contribution in [0.5, 0.6) is 0 Å². The zero-order valence-corrected chi connectivity index (χ0v) is 16.0. The molecule has 4 rings (SSSR count).